The number of rotatable bonds is 2. The molecule has 0 unspecified atom stereocenters. The lowest BCUT2D eigenvalue weighted by molar-refractivity contribution is 0.775. The van der Waals surface area contributed by atoms with Gasteiger partial charge in [-0.2, -0.15) is 10.2 Å². The predicted octanol–water partition coefficient (Wildman–Crippen LogP) is 2.89. The highest BCUT2D eigenvalue weighted by molar-refractivity contribution is 5.77. The van der Waals surface area contributed by atoms with Crippen LogP contribution in [0, 0.1) is 13.8 Å². The molecule has 0 bridgehead atoms. The van der Waals surface area contributed by atoms with Crippen molar-refractivity contribution < 1.29 is 0 Å². The van der Waals surface area contributed by atoms with E-state index in [2.05, 4.69) is 48.2 Å². The molecule has 0 amide bonds. The van der Waals surface area contributed by atoms with Crippen LogP contribution in [0.3, 0.4) is 0 Å². The van der Waals surface area contributed by atoms with Crippen LogP contribution in [0.1, 0.15) is 36.7 Å². The topological polar surface area (TPSA) is 48.5 Å². The van der Waals surface area contributed by atoms with E-state index in [9.17, 15) is 0 Å². The van der Waals surface area contributed by atoms with Gasteiger partial charge in [-0.3, -0.25) is 4.68 Å². The Kier molecular flexibility index (Phi) is 2.85. The first-order valence-electron chi connectivity index (χ1n) is 6.83. The molecule has 104 valence electrons. The Hall–Kier alpha value is -2.17. The summed E-state index contributed by atoms with van der Waals surface area (Å²) in [6.45, 7) is 8.42. The van der Waals surface area contributed by atoms with E-state index in [1.165, 1.54) is 5.56 Å². The predicted molar refractivity (Wildman–Crippen MR) is 79.2 cm³/mol. The lowest BCUT2D eigenvalue weighted by atomic mass is 10.1. The summed E-state index contributed by atoms with van der Waals surface area (Å²) >= 11 is 0. The number of hydrogen-bond donors (Lipinski definition) is 0. The highest BCUT2D eigenvalue weighted by Gasteiger charge is 2.13. The number of fused-ring (bicyclic) bond motifs is 1. The first kappa shape index (κ1) is 12.8. The van der Waals surface area contributed by atoms with Crippen molar-refractivity contribution in [1.82, 2.24) is 24.5 Å². The molecule has 20 heavy (non-hydrogen) atoms. The Bertz CT molecular complexity index is 779. The van der Waals surface area contributed by atoms with Crippen LogP contribution in [-0.4, -0.2) is 24.5 Å². The molecule has 0 fully saturated rings. The molecule has 0 radical (unpaired) electrons. The van der Waals surface area contributed by atoms with Crippen LogP contribution >= 0.6 is 0 Å². The third kappa shape index (κ3) is 1.99. The van der Waals surface area contributed by atoms with Crippen LogP contribution in [0.4, 0.5) is 0 Å². The molecule has 0 atom stereocenters. The fourth-order valence-corrected chi connectivity index (χ4v) is 2.55. The molecule has 5 nitrogen and oxygen atoms in total. The summed E-state index contributed by atoms with van der Waals surface area (Å²) in [6, 6.07) is 2.10. The van der Waals surface area contributed by atoms with Gasteiger partial charge in [0, 0.05) is 24.8 Å². The Morgan fingerprint density at radius 1 is 1.05 bits per heavy atom. The van der Waals surface area contributed by atoms with Gasteiger partial charge < -0.3 is 0 Å². The highest BCUT2D eigenvalue weighted by Crippen LogP contribution is 2.23. The lowest BCUT2D eigenvalue weighted by Crippen LogP contribution is -2.00. The standard InChI is InChI=1S/C15H19N5/c1-9(2)13-8-20(17-10(13)3)14-6-12-7-19(5)18-15(12)16-11(14)4/h6-9H,1-5H3. The number of aryl methyl sites for hydroxylation is 3. The number of pyridine rings is 1. The third-order valence-electron chi connectivity index (χ3n) is 3.58. The van der Waals surface area contributed by atoms with Crippen molar-refractivity contribution in [2.45, 2.75) is 33.6 Å². The van der Waals surface area contributed by atoms with Crippen molar-refractivity contribution in [2.75, 3.05) is 0 Å². The summed E-state index contributed by atoms with van der Waals surface area (Å²) in [7, 11) is 1.91. The molecule has 3 aromatic heterocycles. The fourth-order valence-electron chi connectivity index (χ4n) is 2.55. The van der Waals surface area contributed by atoms with Crippen LogP contribution in [-0.2, 0) is 7.05 Å². The van der Waals surface area contributed by atoms with Crippen molar-refractivity contribution in [3.05, 3.63) is 35.4 Å². The molecule has 3 aromatic rings. The Balaban J connectivity index is 2.18. The van der Waals surface area contributed by atoms with Gasteiger partial charge in [0.05, 0.1) is 17.1 Å². The van der Waals surface area contributed by atoms with Gasteiger partial charge in [-0.25, -0.2) is 9.67 Å². The van der Waals surface area contributed by atoms with E-state index in [1.54, 1.807) is 4.68 Å². The molecule has 0 saturated carbocycles. The Morgan fingerprint density at radius 2 is 1.80 bits per heavy atom. The minimum atomic E-state index is 0.471. The van der Waals surface area contributed by atoms with E-state index in [-0.39, 0.29) is 0 Å². The van der Waals surface area contributed by atoms with Crippen LogP contribution in [0.25, 0.3) is 16.7 Å². The Labute approximate surface area is 118 Å². The molecule has 0 aliphatic rings. The van der Waals surface area contributed by atoms with E-state index in [1.807, 2.05) is 24.9 Å². The van der Waals surface area contributed by atoms with Crippen LogP contribution in [0.5, 0.6) is 0 Å². The molecule has 0 saturated heterocycles. The molecule has 0 spiro atoms. The average Bonchev–Trinajstić information content (AvgIpc) is 2.90. The number of hydrogen-bond acceptors (Lipinski definition) is 3. The van der Waals surface area contributed by atoms with Crippen LogP contribution in [0.15, 0.2) is 18.5 Å². The highest BCUT2D eigenvalue weighted by atomic mass is 15.3. The van der Waals surface area contributed by atoms with Gasteiger partial charge in [-0.1, -0.05) is 13.8 Å². The van der Waals surface area contributed by atoms with Crippen LogP contribution in [0.2, 0.25) is 0 Å². The molecule has 5 heteroatoms. The first-order valence-corrected chi connectivity index (χ1v) is 6.83. The van der Waals surface area contributed by atoms with Gasteiger partial charge in [0.15, 0.2) is 5.65 Å². The zero-order chi connectivity index (χ0) is 14.4. The molecule has 3 rings (SSSR count). The molecule has 0 aliphatic heterocycles. The second-order valence-corrected chi connectivity index (χ2v) is 5.58. The molecule has 0 N–H and O–H groups in total. The minimum absolute atomic E-state index is 0.471. The fraction of sp³-hybridized carbons (Fsp3) is 0.400. The van der Waals surface area contributed by atoms with Crippen molar-refractivity contribution in [1.29, 1.82) is 0 Å². The monoisotopic (exact) mass is 269 g/mol. The SMILES string of the molecule is Cc1nn(-c2cc3cn(C)nc3nc2C)cc1C(C)C. The zero-order valence-corrected chi connectivity index (χ0v) is 12.5. The average molecular weight is 269 g/mol. The second-order valence-electron chi connectivity index (χ2n) is 5.58. The van der Waals surface area contributed by atoms with Crippen LogP contribution < -0.4 is 0 Å². The summed E-state index contributed by atoms with van der Waals surface area (Å²) in [5.41, 5.74) is 5.08. The Morgan fingerprint density at radius 3 is 2.45 bits per heavy atom. The largest absolute Gasteiger partial charge is 0.273 e. The van der Waals surface area contributed by atoms with E-state index < -0.39 is 0 Å². The van der Waals surface area contributed by atoms with Crippen molar-refractivity contribution >= 4 is 11.0 Å². The number of aromatic nitrogens is 5. The molecule has 0 aromatic carbocycles. The zero-order valence-electron chi connectivity index (χ0n) is 12.5. The third-order valence-corrected chi connectivity index (χ3v) is 3.58. The maximum absolute atomic E-state index is 4.63. The summed E-state index contributed by atoms with van der Waals surface area (Å²) in [5.74, 6) is 0.471. The number of nitrogens with zero attached hydrogens (tertiary/aromatic N) is 5. The summed E-state index contributed by atoms with van der Waals surface area (Å²) in [4.78, 5) is 4.56. The second kappa shape index (κ2) is 4.44. The molecule has 0 aliphatic carbocycles. The summed E-state index contributed by atoms with van der Waals surface area (Å²) in [5, 5.41) is 10.00. The van der Waals surface area contributed by atoms with E-state index in [4.69, 9.17) is 0 Å². The van der Waals surface area contributed by atoms with Crippen molar-refractivity contribution in [3.8, 4) is 5.69 Å². The van der Waals surface area contributed by atoms with Gasteiger partial charge in [-0.15, -0.1) is 0 Å². The first-order chi connectivity index (χ1) is 9.45. The maximum atomic E-state index is 4.63. The van der Waals surface area contributed by atoms with Gasteiger partial charge in [0.1, 0.15) is 0 Å². The van der Waals surface area contributed by atoms with Gasteiger partial charge in [0.2, 0.25) is 0 Å². The molecular weight excluding hydrogens is 250 g/mol. The smallest absolute Gasteiger partial charge is 0.181 e. The lowest BCUT2D eigenvalue weighted by Gasteiger charge is -2.05. The van der Waals surface area contributed by atoms with E-state index in [0.717, 1.165) is 28.1 Å². The van der Waals surface area contributed by atoms with Gasteiger partial charge in [0.25, 0.3) is 0 Å². The molecule has 3 heterocycles. The molecular formula is C15H19N5. The van der Waals surface area contributed by atoms with Gasteiger partial charge >= 0.3 is 0 Å². The van der Waals surface area contributed by atoms with Crippen molar-refractivity contribution in [2.24, 2.45) is 7.05 Å². The summed E-state index contributed by atoms with van der Waals surface area (Å²) in [6.07, 6.45) is 4.08. The normalized spacial score (nSPS) is 11.7. The van der Waals surface area contributed by atoms with Crippen molar-refractivity contribution in [3.63, 3.8) is 0 Å². The van der Waals surface area contributed by atoms with E-state index in [0.29, 0.717) is 5.92 Å². The van der Waals surface area contributed by atoms with E-state index >= 15 is 0 Å². The minimum Gasteiger partial charge on any atom is -0.273 e. The quantitative estimate of drug-likeness (QED) is 0.718. The maximum Gasteiger partial charge on any atom is 0.181 e. The summed E-state index contributed by atoms with van der Waals surface area (Å²) < 4.78 is 3.72. The van der Waals surface area contributed by atoms with Gasteiger partial charge in [-0.05, 0) is 31.4 Å².